The monoisotopic (exact) mass is 264 g/mol. The van der Waals surface area contributed by atoms with Crippen molar-refractivity contribution in [3.63, 3.8) is 0 Å². The molecule has 9 heavy (non-hydrogen) atoms. The van der Waals surface area contributed by atoms with E-state index in [1.807, 2.05) is 22.9 Å². The first-order valence-corrected chi connectivity index (χ1v) is 4.97. The summed E-state index contributed by atoms with van der Waals surface area (Å²) in [7, 11) is -1.48. The molecule has 0 aromatic heterocycles. The van der Waals surface area contributed by atoms with Crippen molar-refractivity contribution in [2.24, 2.45) is 5.14 Å². The third-order valence-electron chi connectivity index (χ3n) is 0.684. The van der Waals surface area contributed by atoms with Gasteiger partial charge in [-0.1, -0.05) is 0 Å². The van der Waals surface area contributed by atoms with Crippen LogP contribution in [-0.2, 0) is 10.0 Å². The molecule has 0 rings (SSSR count). The summed E-state index contributed by atoms with van der Waals surface area (Å²) < 4.78 is 22.3. The molecule has 6 heteroatoms. The van der Waals surface area contributed by atoms with E-state index in [9.17, 15) is 8.42 Å². The van der Waals surface area contributed by atoms with Crippen molar-refractivity contribution in [2.75, 3.05) is 19.3 Å². The van der Waals surface area contributed by atoms with Crippen molar-refractivity contribution in [3.05, 3.63) is 0 Å². The lowest BCUT2D eigenvalue weighted by Gasteiger charge is -2.03. The van der Waals surface area contributed by atoms with Gasteiger partial charge in [-0.05, 0) is 7.05 Å². The minimum Gasteiger partial charge on any atom is -0.250 e. The fourth-order valence-electron chi connectivity index (χ4n) is 0.253. The first-order valence-electron chi connectivity index (χ1n) is 2.29. The molecule has 0 aromatic rings. The summed E-state index contributed by atoms with van der Waals surface area (Å²) in [6, 6.07) is 0. The van der Waals surface area contributed by atoms with Gasteiger partial charge in [-0.2, -0.15) is 0 Å². The van der Waals surface area contributed by atoms with E-state index < -0.39 is 10.0 Å². The zero-order chi connectivity index (χ0) is 7.49. The zero-order valence-corrected chi connectivity index (χ0v) is 8.02. The molecule has 56 valence electrons. The summed E-state index contributed by atoms with van der Waals surface area (Å²) in [5, 5.41) is 4.73. The fourth-order valence-corrected chi connectivity index (χ4v) is 1.35. The van der Waals surface area contributed by atoms with Crippen molar-refractivity contribution < 1.29 is 8.42 Å². The molecule has 0 unspecified atom stereocenters. The molecule has 0 saturated carbocycles. The molecule has 0 spiro atoms. The van der Waals surface area contributed by atoms with Crippen LogP contribution in [0.15, 0.2) is 0 Å². The Morgan fingerprint density at radius 1 is 1.67 bits per heavy atom. The number of nitrogens with zero attached hydrogens (tertiary/aromatic N) is 1. The molecule has 0 fully saturated rings. The van der Waals surface area contributed by atoms with Gasteiger partial charge in [0.05, 0.1) is 5.75 Å². The third-order valence-corrected chi connectivity index (χ3v) is 1.92. The molecule has 0 aliphatic heterocycles. The standard InChI is InChI=1S/C3H9IN2O2S/c1-6(4)2-3-9(5,7)8/h2-3H2,1H3,(H2,5,7,8). The Balaban J connectivity index is 3.53. The highest BCUT2D eigenvalue weighted by Gasteiger charge is 2.02. The van der Waals surface area contributed by atoms with Crippen LogP contribution in [0.1, 0.15) is 0 Å². The zero-order valence-electron chi connectivity index (χ0n) is 5.04. The predicted octanol–water partition coefficient (Wildman–Crippen LogP) is -0.443. The molecule has 0 saturated heterocycles. The number of hydrogen-bond acceptors (Lipinski definition) is 3. The van der Waals surface area contributed by atoms with Gasteiger partial charge in [-0.3, -0.25) is 0 Å². The highest BCUT2D eigenvalue weighted by atomic mass is 127. The Bertz CT molecular complexity index is 165. The van der Waals surface area contributed by atoms with Crippen LogP contribution in [0.2, 0.25) is 0 Å². The minimum atomic E-state index is -3.27. The highest BCUT2D eigenvalue weighted by molar-refractivity contribution is 14.1. The molecule has 2 N–H and O–H groups in total. The van der Waals surface area contributed by atoms with E-state index in [0.717, 1.165) is 0 Å². The maximum absolute atomic E-state index is 10.3. The third kappa shape index (κ3) is 8.60. The van der Waals surface area contributed by atoms with Gasteiger partial charge in [0, 0.05) is 29.4 Å². The molecule has 4 nitrogen and oxygen atoms in total. The summed E-state index contributed by atoms with van der Waals surface area (Å²) in [5.41, 5.74) is 0. The maximum atomic E-state index is 10.3. The van der Waals surface area contributed by atoms with Crippen LogP contribution >= 0.6 is 22.9 Å². The number of hydrogen-bond donors (Lipinski definition) is 1. The normalized spacial score (nSPS) is 12.4. The van der Waals surface area contributed by atoms with Crippen molar-refractivity contribution >= 4 is 32.9 Å². The average Bonchev–Trinajstić information content (AvgIpc) is 1.59. The van der Waals surface area contributed by atoms with Crippen molar-refractivity contribution in [1.82, 2.24) is 3.11 Å². The SMILES string of the molecule is CN(I)CCS(N)(=O)=O. The first-order chi connectivity index (χ1) is 3.92. The number of primary sulfonamides is 1. The van der Waals surface area contributed by atoms with Crippen LogP contribution in [0.5, 0.6) is 0 Å². The average molecular weight is 264 g/mol. The second-order valence-electron chi connectivity index (χ2n) is 1.70. The van der Waals surface area contributed by atoms with Gasteiger partial charge in [0.25, 0.3) is 0 Å². The Morgan fingerprint density at radius 3 is 2.22 bits per heavy atom. The fraction of sp³-hybridized carbons (Fsp3) is 1.00. The van der Waals surface area contributed by atoms with E-state index in [1.165, 1.54) is 0 Å². The van der Waals surface area contributed by atoms with Gasteiger partial charge in [0.15, 0.2) is 0 Å². The largest absolute Gasteiger partial charge is 0.250 e. The summed E-state index contributed by atoms with van der Waals surface area (Å²) in [5.74, 6) is 0.0203. The van der Waals surface area contributed by atoms with E-state index >= 15 is 0 Å². The smallest absolute Gasteiger partial charge is 0.210 e. The van der Waals surface area contributed by atoms with Gasteiger partial charge < -0.3 is 0 Å². The number of halogens is 1. The van der Waals surface area contributed by atoms with Crippen LogP contribution < -0.4 is 5.14 Å². The van der Waals surface area contributed by atoms with Gasteiger partial charge in [-0.25, -0.2) is 16.7 Å². The van der Waals surface area contributed by atoms with Crippen LogP contribution in [0, 0.1) is 0 Å². The van der Waals surface area contributed by atoms with Crippen LogP contribution in [0.25, 0.3) is 0 Å². The quantitative estimate of drug-likeness (QED) is 0.555. The lowest BCUT2D eigenvalue weighted by molar-refractivity contribution is 0.582. The topological polar surface area (TPSA) is 63.4 Å². The Hall–Kier alpha value is 0.600. The van der Waals surface area contributed by atoms with E-state index in [0.29, 0.717) is 6.54 Å². The maximum Gasteiger partial charge on any atom is 0.210 e. The lowest BCUT2D eigenvalue weighted by Crippen LogP contribution is -2.23. The predicted molar refractivity (Wildman–Crippen MR) is 44.6 cm³/mol. The second kappa shape index (κ2) is 3.69. The molecule has 0 aliphatic rings. The molecule has 0 aliphatic carbocycles. The van der Waals surface area contributed by atoms with Crippen molar-refractivity contribution in [2.45, 2.75) is 0 Å². The van der Waals surface area contributed by atoms with E-state index in [2.05, 4.69) is 0 Å². The summed E-state index contributed by atoms with van der Waals surface area (Å²) in [6.07, 6.45) is 0. The Morgan fingerprint density at radius 2 is 2.11 bits per heavy atom. The number of rotatable bonds is 3. The molecule has 0 bridgehead atoms. The number of sulfonamides is 1. The van der Waals surface area contributed by atoms with Gasteiger partial charge >= 0.3 is 0 Å². The molecule has 0 heterocycles. The molecule has 0 aromatic carbocycles. The molecule has 0 atom stereocenters. The molecular formula is C3H9IN2O2S. The minimum absolute atomic E-state index is 0.0203. The lowest BCUT2D eigenvalue weighted by atomic mass is 10.8. The second-order valence-corrected chi connectivity index (χ2v) is 5.08. The highest BCUT2D eigenvalue weighted by Crippen LogP contribution is 1.91. The van der Waals surface area contributed by atoms with Crippen LogP contribution in [0.3, 0.4) is 0 Å². The van der Waals surface area contributed by atoms with Crippen LogP contribution in [0.4, 0.5) is 0 Å². The first kappa shape index (κ1) is 9.60. The van der Waals surface area contributed by atoms with Crippen LogP contribution in [-0.4, -0.2) is 30.9 Å². The Labute approximate surface area is 68.9 Å². The van der Waals surface area contributed by atoms with Crippen molar-refractivity contribution in [3.8, 4) is 0 Å². The molecular weight excluding hydrogens is 255 g/mol. The molecule has 0 amide bonds. The van der Waals surface area contributed by atoms with Crippen molar-refractivity contribution in [1.29, 1.82) is 0 Å². The van der Waals surface area contributed by atoms with Gasteiger partial charge in [-0.15, -0.1) is 0 Å². The number of nitrogens with two attached hydrogens (primary N) is 1. The summed E-state index contributed by atoms with van der Waals surface area (Å²) >= 11 is 2.00. The van der Waals surface area contributed by atoms with E-state index in [1.54, 1.807) is 10.2 Å². The van der Waals surface area contributed by atoms with E-state index in [4.69, 9.17) is 5.14 Å². The van der Waals surface area contributed by atoms with E-state index in [-0.39, 0.29) is 5.75 Å². The summed E-state index contributed by atoms with van der Waals surface area (Å²) in [4.78, 5) is 0. The summed E-state index contributed by atoms with van der Waals surface area (Å²) in [6.45, 7) is 0.472. The van der Waals surface area contributed by atoms with Gasteiger partial charge in [0.1, 0.15) is 0 Å². The molecule has 0 radical (unpaired) electrons. The Kier molecular flexibility index (Phi) is 3.94. The van der Waals surface area contributed by atoms with Gasteiger partial charge in [0.2, 0.25) is 10.0 Å².